The van der Waals surface area contributed by atoms with E-state index >= 15 is 0 Å². The van der Waals surface area contributed by atoms with Crippen LogP contribution in [-0.2, 0) is 4.79 Å². The van der Waals surface area contributed by atoms with Gasteiger partial charge in [0.2, 0.25) is 5.17 Å². The molecule has 2 aromatic carbocycles. The van der Waals surface area contributed by atoms with Gasteiger partial charge in [0.15, 0.2) is 5.84 Å². The third-order valence-corrected chi connectivity index (χ3v) is 5.98. The molecule has 0 atom stereocenters. The lowest BCUT2D eigenvalue weighted by atomic mass is 10.1. The molecule has 8 heteroatoms. The number of aryl methyl sites for hydroxylation is 2. The van der Waals surface area contributed by atoms with Gasteiger partial charge < -0.3 is 9.47 Å². The molecule has 0 aliphatic carbocycles. The smallest absolute Gasteiger partial charge is 0.283 e. The third-order valence-electron chi connectivity index (χ3n) is 4.93. The SMILES string of the molecule is CCC1=NN2C(=N)/C(=C/c3ccc(OCCOc4ccc(C)cc4C)cc3)C(=O)N=C2S1. The van der Waals surface area contributed by atoms with E-state index in [9.17, 15) is 4.79 Å². The number of amides is 1. The first kappa shape index (κ1) is 21.8. The molecule has 2 aliphatic heterocycles. The van der Waals surface area contributed by atoms with Crippen LogP contribution in [0.2, 0.25) is 0 Å². The van der Waals surface area contributed by atoms with E-state index in [1.165, 1.54) is 22.3 Å². The lowest BCUT2D eigenvalue weighted by Crippen LogP contribution is -2.35. The van der Waals surface area contributed by atoms with Gasteiger partial charge in [-0.2, -0.15) is 15.1 Å². The summed E-state index contributed by atoms with van der Waals surface area (Å²) >= 11 is 1.33. The molecule has 0 spiro atoms. The number of hydrogen-bond acceptors (Lipinski definition) is 6. The number of fused-ring (bicyclic) bond motifs is 1. The number of benzene rings is 2. The van der Waals surface area contributed by atoms with Crippen LogP contribution < -0.4 is 9.47 Å². The van der Waals surface area contributed by atoms with Crippen LogP contribution in [0.1, 0.15) is 30.0 Å². The van der Waals surface area contributed by atoms with E-state index in [2.05, 4.69) is 23.1 Å². The van der Waals surface area contributed by atoms with Crippen molar-refractivity contribution in [2.45, 2.75) is 27.2 Å². The topological polar surface area (TPSA) is 87.3 Å². The maximum absolute atomic E-state index is 12.4. The highest BCUT2D eigenvalue weighted by atomic mass is 32.2. The second kappa shape index (κ2) is 9.40. The minimum Gasteiger partial charge on any atom is -0.490 e. The Morgan fingerprint density at radius 1 is 1.09 bits per heavy atom. The van der Waals surface area contributed by atoms with Crippen molar-refractivity contribution < 1.29 is 14.3 Å². The van der Waals surface area contributed by atoms with Crippen LogP contribution in [-0.4, -0.2) is 40.2 Å². The maximum Gasteiger partial charge on any atom is 0.283 e. The summed E-state index contributed by atoms with van der Waals surface area (Å²) in [5.41, 5.74) is 3.30. The van der Waals surface area contributed by atoms with Crippen LogP contribution >= 0.6 is 11.8 Å². The zero-order valence-corrected chi connectivity index (χ0v) is 19.0. The molecule has 7 nitrogen and oxygen atoms in total. The minimum atomic E-state index is -0.426. The number of nitrogens with zero attached hydrogens (tertiary/aromatic N) is 3. The second-order valence-corrected chi connectivity index (χ2v) is 8.44. The lowest BCUT2D eigenvalue weighted by molar-refractivity contribution is -0.114. The van der Waals surface area contributed by atoms with Crippen LogP contribution in [0.15, 0.2) is 58.1 Å². The molecule has 0 bridgehead atoms. The number of aliphatic imine (C=N–C) groups is 1. The van der Waals surface area contributed by atoms with E-state index in [-0.39, 0.29) is 11.4 Å². The van der Waals surface area contributed by atoms with E-state index in [0.717, 1.165) is 28.3 Å². The fraction of sp³-hybridized carbons (Fsp3) is 0.250. The lowest BCUT2D eigenvalue weighted by Gasteiger charge is -2.20. The van der Waals surface area contributed by atoms with Crippen molar-refractivity contribution in [3.63, 3.8) is 0 Å². The quantitative estimate of drug-likeness (QED) is 0.486. The van der Waals surface area contributed by atoms with Crippen molar-refractivity contribution in [2.75, 3.05) is 13.2 Å². The first-order chi connectivity index (χ1) is 15.4. The van der Waals surface area contributed by atoms with Gasteiger partial charge in [0.1, 0.15) is 29.8 Å². The summed E-state index contributed by atoms with van der Waals surface area (Å²) in [6, 6.07) is 13.4. The number of carbonyl (C=O) groups excluding carboxylic acids is 1. The number of rotatable bonds is 7. The van der Waals surface area contributed by atoms with E-state index in [1.807, 2.05) is 50.2 Å². The Bertz CT molecular complexity index is 1150. The Hall–Kier alpha value is -3.39. The average Bonchev–Trinajstić information content (AvgIpc) is 3.19. The van der Waals surface area contributed by atoms with Gasteiger partial charge in [0.05, 0.1) is 5.57 Å². The molecule has 32 heavy (non-hydrogen) atoms. The second-order valence-electron chi connectivity index (χ2n) is 7.40. The van der Waals surface area contributed by atoms with Crippen molar-refractivity contribution in [1.29, 1.82) is 5.41 Å². The molecular formula is C24H24N4O3S. The Morgan fingerprint density at radius 2 is 1.84 bits per heavy atom. The standard InChI is InChI=1S/C24H24N4O3S/c1-4-21-27-28-22(25)19(23(29)26-24(28)32-21)14-17-6-8-18(9-7-17)30-11-12-31-20-10-5-15(2)13-16(20)3/h5-10,13-14,25H,4,11-12H2,1-3H3/b19-14-,25-22?. The minimum absolute atomic E-state index is 0.0415. The third kappa shape index (κ3) is 4.75. The molecule has 0 saturated heterocycles. The summed E-state index contributed by atoms with van der Waals surface area (Å²) in [5.74, 6) is 1.18. The molecule has 164 valence electrons. The van der Waals surface area contributed by atoms with Crippen LogP contribution in [0.5, 0.6) is 11.5 Å². The molecule has 0 unspecified atom stereocenters. The summed E-state index contributed by atoms with van der Waals surface area (Å²) in [7, 11) is 0. The van der Waals surface area contributed by atoms with Gasteiger partial charge in [-0.15, -0.1) is 0 Å². The molecule has 0 radical (unpaired) electrons. The Morgan fingerprint density at radius 3 is 2.56 bits per heavy atom. The summed E-state index contributed by atoms with van der Waals surface area (Å²) in [4.78, 5) is 16.5. The van der Waals surface area contributed by atoms with E-state index in [4.69, 9.17) is 14.9 Å². The number of thioether (sulfide) groups is 1. The Balaban J connectivity index is 1.35. The Labute approximate surface area is 191 Å². The van der Waals surface area contributed by atoms with Crippen molar-refractivity contribution in [3.8, 4) is 11.5 Å². The fourth-order valence-electron chi connectivity index (χ4n) is 3.27. The van der Waals surface area contributed by atoms with E-state index in [1.54, 1.807) is 6.08 Å². The zero-order chi connectivity index (χ0) is 22.7. The van der Waals surface area contributed by atoms with Crippen molar-refractivity contribution in [2.24, 2.45) is 10.1 Å². The van der Waals surface area contributed by atoms with Crippen molar-refractivity contribution >= 4 is 39.8 Å². The van der Waals surface area contributed by atoms with Crippen LogP contribution in [0.4, 0.5) is 0 Å². The molecule has 0 saturated carbocycles. The van der Waals surface area contributed by atoms with E-state index in [0.29, 0.717) is 24.1 Å². The van der Waals surface area contributed by atoms with Gasteiger partial charge >= 0.3 is 0 Å². The van der Waals surface area contributed by atoms with Crippen molar-refractivity contribution in [3.05, 3.63) is 64.7 Å². The monoisotopic (exact) mass is 448 g/mol. The predicted molar refractivity (Wildman–Crippen MR) is 129 cm³/mol. The summed E-state index contributed by atoms with van der Waals surface area (Å²) < 4.78 is 11.5. The first-order valence-corrected chi connectivity index (χ1v) is 11.2. The van der Waals surface area contributed by atoms with Gasteiger partial charge in [-0.05, 0) is 67.4 Å². The molecule has 0 aromatic heterocycles. The summed E-state index contributed by atoms with van der Waals surface area (Å²) in [6.07, 6.45) is 2.39. The van der Waals surface area contributed by atoms with Gasteiger partial charge in [-0.3, -0.25) is 10.2 Å². The largest absolute Gasteiger partial charge is 0.490 e. The molecule has 2 aliphatic rings. The molecular weight excluding hydrogens is 424 g/mol. The molecule has 2 heterocycles. The van der Waals surface area contributed by atoms with Crippen LogP contribution in [0, 0.1) is 19.3 Å². The number of amidine groups is 2. The fourth-order valence-corrected chi connectivity index (χ4v) is 4.10. The molecule has 1 N–H and O–H groups in total. The number of nitrogens with one attached hydrogen (secondary N) is 1. The molecule has 4 rings (SSSR count). The highest BCUT2D eigenvalue weighted by Gasteiger charge is 2.34. The number of hydrogen-bond donors (Lipinski definition) is 1. The summed E-state index contributed by atoms with van der Waals surface area (Å²) in [6.45, 7) is 6.91. The van der Waals surface area contributed by atoms with Gasteiger partial charge in [0.25, 0.3) is 5.91 Å². The van der Waals surface area contributed by atoms with Gasteiger partial charge in [-0.25, -0.2) is 0 Å². The predicted octanol–water partition coefficient (Wildman–Crippen LogP) is 4.79. The maximum atomic E-state index is 12.4. The number of hydrazone groups is 1. The normalized spacial score (nSPS) is 16.7. The molecule has 1 amide bonds. The average molecular weight is 449 g/mol. The van der Waals surface area contributed by atoms with Crippen LogP contribution in [0.3, 0.4) is 0 Å². The zero-order valence-electron chi connectivity index (χ0n) is 18.2. The van der Waals surface area contributed by atoms with Crippen LogP contribution in [0.25, 0.3) is 6.08 Å². The molecule has 0 fully saturated rings. The highest BCUT2D eigenvalue weighted by Crippen LogP contribution is 2.29. The van der Waals surface area contributed by atoms with Crippen molar-refractivity contribution in [1.82, 2.24) is 5.01 Å². The molecule has 2 aromatic rings. The van der Waals surface area contributed by atoms with E-state index < -0.39 is 5.91 Å². The first-order valence-electron chi connectivity index (χ1n) is 10.4. The Kier molecular flexibility index (Phi) is 6.41. The van der Waals surface area contributed by atoms with Gasteiger partial charge in [-0.1, -0.05) is 36.8 Å². The highest BCUT2D eigenvalue weighted by molar-refractivity contribution is 8.26. The summed E-state index contributed by atoms with van der Waals surface area (Å²) in [5, 5.41) is 15.4. The number of ether oxygens (including phenoxy) is 2. The number of carbonyl (C=O) groups is 1. The van der Waals surface area contributed by atoms with Gasteiger partial charge in [0, 0.05) is 0 Å².